The molecule has 0 saturated carbocycles. The Kier molecular flexibility index (Phi) is 4.96. The smallest absolute Gasteiger partial charge is 0.369 e. The van der Waals surface area contributed by atoms with E-state index in [1.807, 2.05) is 0 Å². The number of nitrogens with zero attached hydrogens (tertiary/aromatic N) is 6. The Bertz CT molecular complexity index is 391. The molecule has 0 saturated heterocycles. The monoisotopic (exact) mass is 286 g/mol. The van der Waals surface area contributed by atoms with Crippen LogP contribution in [-0.2, 0) is 27.8 Å². The van der Waals surface area contributed by atoms with Gasteiger partial charge in [0.2, 0.25) is 0 Å². The van der Waals surface area contributed by atoms with Crippen molar-refractivity contribution in [3.8, 4) is 29.8 Å². The molecule has 0 atom stereocenters. The van der Waals surface area contributed by atoms with Crippen LogP contribution in [0, 0.1) is 61.4 Å². The molecule has 0 aliphatic heterocycles. The van der Waals surface area contributed by atoms with Crippen molar-refractivity contribution in [2.45, 2.75) is 0 Å². The molecule has 0 fully saturated rings. The van der Waals surface area contributed by atoms with Crippen LogP contribution in [-0.4, -0.2) is 0 Å². The molecule has 0 aliphatic carbocycles. The van der Waals surface area contributed by atoms with E-state index in [2.05, 4.69) is 0 Å². The summed E-state index contributed by atoms with van der Waals surface area (Å²) in [5, 5.41) is 51.5. The first kappa shape index (κ1) is 18.7. The van der Waals surface area contributed by atoms with Gasteiger partial charge in [-0.2, -0.15) is 0 Å². The summed E-state index contributed by atoms with van der Waals surface area (Å²) in [6, 6.07) is 0. The molecule has 0 aromatic carbocycles. The summed E-state index contributed by atoms with van der Waals surface area (Å²) >= 11 is 0. The van der Waals surface area contributed by atoms with Crippen LogP contribution in [0.25, 0.3) is 0 Å². The Morgan fingerprint density at radius 1 is 0.533 bits per heavy atom. The summed E-state index contributed by atoms with van der Waals surface area (Å²) in [6.45, 7) is 0. The predicted molar refractivity (Wildman–Crippen MR) is 39.7 cm³/mol. The van der Waals surface area contributed by atoms with Crippen LogP contribution in [0.2, 0.25) is 0 Å². The largest absolute Gasteiger partial charge is 3.00 e. The third-order valence-electron chi connectivity index (χ3n) is 1.19. The maximum Gasteiger partial charge on any atom is 3.00 e. The van der Waals surface area contributed by atoms with Crippen molar-refractivity contribution in [1.29, 1.82) is 31.6 Å². The zero-order valence-corrected chi connectivity index (χ0v) is 9.60. The van der Waals surface area contributed by atoms with Gasteiger partial charge in [0.15, 0.2) is 0 Å². The van der Waals surface area contributed by atoms with Gasteiger partial charge in [0, 0.05) is 0 Å². The Hall–Kier alpha value is -2.06. The van der Waals surface area contributed by atoms with E-state index in [1.165, 1.54) is 0 Å². The molecule has 0 unspecified atom stereocenters. The molecule has 0 spiro atoms. The molecule has 0 amide bonds. The van der Waals surface area contributed by atoms with Gasteiger partial charge >= 0.3 is 89.2 Å². The summed E-state index contributed by atoms with van der Waals surface area (Å²) in [5.74, 6) is 0. The van der Waals surface area contributed by atoms with Crippen LogP contribution < -0.4 is 6.15 Å². The molecule has 1 radical (unpaired) electrons. The zero-order valence-electron chi connectivity index (χ0n) is 7.39. The normalized spacial score (nSPS) is 11.6. The summed E-state index contributed by atoms with van der Waals surface area (Å²) in [5.41, 5.74) is 0. The molecule has 7 nitrogen and oxygen atoms in total. The number of hydrogen-bond acceptors (Lipinski definition) is 6. The van der Waals surface area contributed by atoms with E-state index in [-0.39, 0.29) is 23.2 Å². The number of hydrogen-bond donors (Lipinski definition) is 1. The second-order valence-electron chi connectivity index (χ2n) is 1.80. The number of quaternary nitrogens is 1. The van der Waals surface area contributed by atoms with Crippen molar-refractivity contribution >= 4 is 0 Å². The van der Waals surface area contributed by atoms with Gasteiger partial charge in [-0.15, -0.1) is 0 Å². The maximum absolute atomic E-state index is 8.58. The minimum Gasteiger partial charge on any atom is -0.369 e. The molecule has 79 valence electrons. The van der Waals surface area contributed by atoms with E-state index >= 15 is 0 Å². The Morgan fingerprint density at radius 3 is 0.667 bits per heavy atom. The van der Waals surface area contributed by atoms with Crippen LogP contribution in [0.5, 0.6) is 0 Å². The molecule has 9 heteroatoms. The van der Waals surface area contributed by atoms with E-state index in [9.17, 15) is 0 Å². The van der Waals surface area contributed by atoms with E-state index in [0.717, 1.165) is 29.8 Å². The van der Waals surface area contributed by atoms with Crippen LogP contribution >= 0.6 is 0 Å². The Labute approximate surface area is 95.3 Å². The summed E-state index contributed by atoms with van der Waals surface area (Å²) in [4.78, 5) is 6.19. The third kappa shape index (κ3) is 1.51. The van der Waals surface area contributed by atoms with Crippen LogP contribution in [0.4, 0.5) is 0 Å². The first-order chi connectivity index (χ1) is 5.97. The van der Waals surface area contributed by atoms with Gasteiger partial charge in [0.1, 0.15) is 0 Å². The second kappa shape index (κ2) is 3.98. The number of rotatable bonds is 0. The van der Waals surface area contributed by atoms with Crippen molar-refractivity contribution in [3.05, 3.63) is 0 Å². The van der Waals surface area contributed by atoms with Crippen LogP contribution in [0.15, 0.2) is 0 Å². The molecule has 0 aliphatic rings. The van der Waals surface area contributed by atoms with Gasteiger partial charge in [0.25, 0.3) is 0 Å². The van der Waals surface area contributed by atoms with Crippen LogP contribution in [0.3, 0.4) is 0 Å². The maximum atomic E-state index is 8.58. The first-order valence-electron chi connectivity index (χ1n) is 2.40. The predicted octanol–water partition coefficient (Wildman–Crippen LogP) is 0.472. The average molecular weight is 286 g/mol. The molecule has 0 heterocycles. The van der Waals surface area contributed by atoms with Gasteiger partial charge in [-0.05, 0) is 0 Å². The van der Waals surface area contributed by atoms with Crippen molar-refractivity contribution < 1.29 is 27.8 Å². The topological polar surface area (TPSA) is 179 Å². The van der Waals surface area contributed by atoms with E-state index in [4.69, 9.17) is 31.6 Å². The van der Waals surface area contributed by atoms with Crippen molar-refractivity contribution in [2.24, 2.45) is 0 Å². The Balaban J connectivity index is -0.000000720. The average Bonchev–Trinajstić information content (AvgIpc) is 2.26. The fourth-order valence-corrected chi connectivity index (χ4v) is 1.09. The fourth-order valence-electron chi connectivity index (χ4n) is 0.265. The van der Waals surface area contributed by atoms with E-state index in [0.29, 0.717) is 0 Å². The molecule has 0 rings (SSSR count). The SMILES string of the molecule is N#[C][Fe-4]([C]#N)([C]#N)([C]#N)([C]#N)[C]#N.[Fe+3].[NH4+]. The van der Waals surface area contributed by atoms with Gasteiger partial charge in [0.05, 0.1) is 0 Å². The van der Waals surface area contributed by atoms with Gasteiger partial charge in [-0.1, -0.05) is 0 Å². The minimum absolute atomic E-state index is 0. The van der Waals surface area contributed by atoms with Gasteiger partial charge in [-0.3, -0.25) is 0 Å². The van der Waals surface area contributed by atoms with Crippen molar-refractivity contribution in [2.75, 3.05) is 0 Å². The van der Waals surface area contributed by atoms with Crippen molar-refractivity contribution in [1.82, 2.24) is 6.15 Å². The quantitative estimate of drug-likeness (QED) is 0.631. The molecule has 0 aromatic rings. The summed E-state index contributed by atoms with van der Waals surface area (Å²) < 4.78 is 0. The molecule has 15 heavy (non-hydrogen) atoms. The van der Waals surface area contributed by atoms with E-state index < -0.39 is 10.7 Å². The Morgan fingerprint density at radius 2 is 0.667 bits per heavy atom. The molecular weight excluding hydrogens is 282 g/mol. The zero-order chi connectivity index (χ0) is 10.7. The molecule has 0 aromatic heterocycles. The van der Waals surface area contributed by atoms with Crippen LogP contribution in [0.1, 0.15) is 0 Å². The van der Waals surface area contributed by atoms with Crippen molar-refractivity contribution in [3.63, 3.8) is 0 Å². The number of nitriles is 6. The fraction of sp³-hybridized carbons (Fsp3) is 0. The molecule has 0 bridgehead atoms. The third-order valence-corrected chi connectivity index (χ3v) is 4.89. The second-order valence-corrected chi connectivity index (χ2v) is 7.42. The summed E-state index contributed by atoms with van der Waals surface area (Å²) in [7, 11) is -6.17. The van der Waals surface area contributed by atoms with Gasteiger partial charge < -0.3 is 6.15 Å². The molecule has 4 N–H and O–H groups in total. The minimum atomic E-state index is -6.17. The summed E-state index contributed by atoms with van der Waals surface area (Å²) in [6.07, 6.45) is 0. The standard InChI is InChI=1S/6CN.2Fe.H3N/c6*1-2;;;/h;;;;;;;;1H3/q;;;;;;-4;+3;/p+1. The van der Waals surface area contributed by atoms with E-state index in [1.54, 1.807) is 0 Å². The first-order valence-corrected chi connectivity index (χ1v) is 5.71. The van der Waals surface area contributed by atoms with Gasteiger partial charge in [-0.25, -0.2) is 0 Å². The molecular formula is C6H4Fe2N7.